The van der Waals surface area contributed by atoms with E-state index in [9.17, 15) is 4.39 Å². The summed E-state index contributed by atoms with van der Waals surface area (Å²) in [5.74, 6) is 0.518. The number of aromatic nitrogens is 2. The number of anilines is 1. The third-order valence-corrected chi connectivity index (χ3v) is 4.53. The molecule has 124 valence electrons. The summed E-state index contributed by atoms with van der Waals surface area (Å²) in [5.41, 5.74) is 0.403. The van der Waals surface area contributed by atoms with Gasteiger partial charge in [-0.15, -0.1) is 0 Å². The molecule has 1 aliphatic rings. The second-order valence-electron chi connectivity index (χ2n) is 6.55. The first-order chi connectivity index (χ1) is 11.0. The summed E-state index contributed by atoms with van der Waals surface area (Å²) in [6.45, 7) is 8.66. The molecular formula is C17H23FN4O. The second-order valence-corrected chi connectivity index (χ2v) is 6.55. The molecule has 1 aliphatic heterocycles. The molecule has 0 spiro atoms. The molecule has 0 N–H and O–H groups in total. The molecule has 0 atom stereocenters. The van der Waals surface area contributed by atoms with Crippen molar-refractivity contribution in [3.63, 3.8) is 0 Å². The third-order valence-electron chi connectivity index (χ3n) is 4.53. The Morgan fingerprint density at radius 1 is 1.17 bits per heavy atom. The van der Waals surface area contributed by atoms with E-state index in [2.05, 4.69) is 33.6 Å². The normalized spacial score (nSPS) is 17.0. The number of benzene rings is 1. The minimum atomic E-state index is -0.300. The van der Waals surface area contributed by atoms with Gasteiger partial charge in [0.25, 0.3) is 0 Å². The first kappa shape index (κ1) is 16.1. The monoisotopic (exact) mass is 318 g/mol. The van der Waals surface area contributed by atoms with Gasteiger partial charge in [-0.1, -0.05) is 6.07 Å². The summed E-state index contributed by atoms with van der Waals surface area (Å²) in [6.07, 6.45) is 1.45. The van der Waals surface area contributed by atoms with E-state index in [-0.39, 0.29) is 11.4 Å². The number of hydrogen-bond acceptors (Lipinski definition) is 5. The van der Waals surface area contributed by atoms with Gasteiger partial charge in [-0.2, -0.15) is 0 Å². The van der Waals surface area contributed by atoms with Gasteiger partial charge < -0.3 is 9.64 Å². The van der Waals surface area contributed by atoms with Crippen molar-refractivity contribution in [3.05, 3.63) is 30.3 Å². The molecule has 23 heavy (non-hydrogen) atoms. The molecule has 0 radical (unpaired) electrons. The van der Waals surface area contributed by atoms with Crippen molar-refractivity contribution in [3.8, 4) is 0 Å². The van der Waals surface area contributed by atoms with E-state index in [0.29, 0.717) is 12.1 Å². The van der Waals surface area contributed by atoms with Crippen LogP contribution in [0.15, 0.2) is 24.5 Å². The van der Waals surface area contributed by atoms with Crippen molar-refractivity contribution in [2.75, 3.05) is 44.8 Å². The maximum atomic E-state index is 13.9. The molecule has 0 unspecified atom stereocenters. The van der Waals surface area contributed by atoms with E-state index in [1.807, 2.05) is 6.07 Å². The number of methoxy groups -OCH3 is 1. The van der Waals surface area contributed by atoms with Crippen molar-refractivity contribution in [1.82, 2.24) is 14.9 Å². The number of ether oxygens (including phenoxy) is 1. The third kappa shape index (κ3) is 3.14. The number of hydrogen-bond donors (Lipinski definition) is 0. The van der Waals surface area contributed by atoms with E-state index < -0.39 is 0 Å². The van der Waals surface area contributed by atoms with Crippen LogP contribution >= 0.6 is 0 Å². The van der Waals surface area contributed by atoms with Crippen LogP contribution in [0.25, 0.3) is 10.9 Å². The summed E-state index contributed by atoms with van der Waals surface area (Å²) in [5, 5.41) is 0.775. The van der Waals surface area contributed by atoms with Gasteiger partial charge in [0, 0.05) is 44.2 Å². The van der Waals surface area contributed by atoms with Gasteiger partial charge in [0.1, 0.15) is 23.5 Å². The number of nitrogens with zero attached hydrogens (tertiary/aromatic N) is 4. The highest BCUT2D eigenvalue weighted by Gasteiger charge is 2.30. The van der Waals surface area contributed by atoms with Crippen molar-refractivity contribution >= 4 is 16.7 Å². The summed E-state index contributed by atoms with van der Waals surface area (Å²) < 4.78 is 19.2. The largest absolute Gasteiger partial charge is 0.383 e. The first-order valence-electron chi connectivity index (χ1n) is 7.91. The van der Waals surface area contributed by atoms with Crippen molar-refractivity contribution in [2.45, 2.75) is 19.4 Å². The Morgan fingerprint density at radius 3 is 2.61 bits per heavy atom. The number of rotatable bonds is 4. The molecule has 1 saturated heterocycles. The molecule has 3 rings (SSSR count). The highest BCUT2D eigenvalue weighted by Crippen LogP contribution is 2.26. The average Bonchev–Trinajstić information content (AvgIpc) is 2.55. The Labute approximate surface area is 136 Å². The summed E-state index contributed by atoms with van der Waals surface area (Å²) in [6, 6.07) is 5.03. The van der Waals surface area contributed by atoms with Gasteiger partial charge in [0.15, 0.2) is 0 Å². The summed E-state index contributed by atoms with van der Waals surface area (Å²) in [4.78, 5) is 13.1. The zero-order chi connectivity index (χ0) is 16.4. The fraction of sp³-hybridized carbons (Fsp3) is 0.529. The molecule has 0 aliphatic carbocycles. The Balaban J connectivity index is 1.80. The number of para-hydroxylation sites is 1. The lowest BCUT2D eigenvalue weighted by Gasteiger charge is -2.44. The predicted molar refractivity (Wildman–Crippen MR) is 89.2 cm³/mol. The SMILES string of the molecule is COCC(C)(C)N1CCN(c2ncnc3c(F)cccc23)CC1. The zero-order valence-electron chi connectivity index (χ0n) is 13.9. The van der Waals surface area contributed by atoms with E-state index >= 15 is 0 Å². The Bertz CT molecular complexity index is 683. The lowest BCUT2D eigenvalue weighted by Crippen LogP contribution is -2.56. The summed E-state index contributed by atoms with van der Waals surface area (Å²) in [7, 11) is 1.74. The van der Waals surface area contributed by atoms with Gasteiger partial charge in [0.05, 0.1) is 6.61 Å². The topological polar surface area (TPSA) is 41.5 Å². The molecule has 2 aromatic rings. The van der Waals surface area contributed by atoms with E-state index in [1.165, 1.54) is 12.4 Å². The van der Waals surface area contributed by atoms with Crippen LogP contribution in [0, 0.1) is 5.82 Å². The Hall–Kier alpha value is -1.79. The van der Waals surface area contributed by atoms with Gasteiger partial charge in [-0.25, -0.2) is 14.4 Å². The zero-order valence-corrected chi connectivity index (χ0v) is 13.9. The first-order valence-corrected chi connectivity index (χ1v) is 7.91. The van der Waals surface area contributed by atoms with Crippen molar-refractivity contribution in [2.24, 2.45) is 0 Å². The maximum absolute atomic E-state index is 13.9. The fourth-order valence-electron chi connectivity index (χ4n) is 3.26. The molecule has 2 heterocycles. The van der Waals surface area contributed by atoms with E-state index in [1.54, 1.807) is 13.2 Å². The molecule has 1 fully saturated rings. The predicted octanol–water partition coefficient (Wildman–Crippen LogP) is 2.32. The van der Waals surface area contributed by atoms with Crippen LogP contribution in [0.3, 0.4) is 0 Å². The Morgan fingerprint density at radius 2 is 1.91 bits per heavy atom. The van der Waals surface area contributed by atoms with E-state index in [0.717, 1.165) is 37.4 Å². The highest BCUT2D eigenvalue weighted by molar-refractivity contribution is 5.89. The van der Waals surface area contributed by atoms with Crippen molar-refractivity contribution < 1.29 is 9.13 Å². The van der Waals surface area contributed by atoms with Crippen molar-refractivity contribution in [1.29, 1.82) is 0 Å². The number of fused-ring (bicyclic) bond motifs is 1. The van der Waals surface area contributed by atoms with Gasteiger partial charge in [-0.05, 0) is 26.0 Å². The average molecular weight is 318 g/mol. The quantitative estimate of drug-likeness (QED) is 0.865. The smallest absolute Gasteiger partial charge is 0.149 e. The standard InChI is InChI=1S/C17H23FN4O/c1-17(2,11-23-3)22-9-7-21(8-10-22)16-13-5-4-6-14(18)15(13)19-12-20-16/h4-6,12H,7-11H2,1-3H3. The minimum Gasteiger partial charge on any atom is -0.383 e. The Kier molecular flexibility index (Phi) is 4.46. The molecule has 1 aromatic carbocycles. The lowest BCUT2D eigenvalue weighted by molar-refractivity contribution is 0.0301. The molecule has 0 saturated carbocycles. The molecule has 6 heteroatoms. The van der Waals surface area contributed by atoms with Crippen LogP contribution in [0.1, 0.15) is 13.8 Å². The number of halogens is 1. The number of piperazine rings is 1. The highest BCUT2D eigenvalue weighted by atomic mass is 19.1. The molecule has 1 aromatic heterocycles. The van der Waals surface area contributed by atoms with Crippen LogP contribution < -0.4 is 4.90 Å². The van der Waals surface area contributed by atoms with Crippen LogP contribution in [0.5, 0.6) is 0 Å². The summed E-state index contributed by atoms with van der Waals surface area (Å²) >= 11 is 0. The molecule has 0 bridgehead atoms. The molecule has 5 nitrogen and oxygen atoms in total. The molecule has 0 amide bonds. The van der Waals surface area contributed by atoms with E-state index in [4.69, 9.17) is 4.74 Å². The van der Waals surface area contributed by atoms with Gasteiger partial charge in [0.2, 0.25) is 0 Å². The van der Waals surface area contributed by atoms with Gasteiger partial charge >= 0.3 is 0 Å². The maximum Gasteiger partial charge on any atom is 0.149 e. The second kappa shape index (κ2) is 6.37. The van der Waals surface area contributed by atoms with Crippen LogP contribution in [0.2, 0.25) is 0 Å². The minimum absolute atomic E-state index is 0.0146. The lowest BCUT2D eigenvalue weighted by atomic mass is 10.0. The van der Waals surface area contributed by atoms with Gasteiger partial charge in [-0.3, -0.25) is 4.90 Å². The van der Waals surface area contributed by atoms with Crippen LogP contribution in [0.4, 0.5) is 10.2 Å². The van der Waals surface area contributed by atoms with Crippen LogP contribution in [-0.2, 0) is 4.74 Å². The fourth-order valence-corrected chi connectivity index (χ4v) is 3.26. The van der Waals surface area contributed by atoms with Crippen LogP contribution in [-0.4, -0.2) is 60.3 Å². The molecular weight excluding hydrogens is 295 g/mol.